The van der Waals surface area contributed by atoms with Gasteiger partial charge in [-0.3, -0.25) is 0 Å². The minimum atomic E-state index is -0.261. The number of amides is 1. The molecule has 43 heavy (non-hydrogen) atoms. The van der Waals surface area contributed by atoms with E-state index >= 15 is 0 Å². The lowest BCUT2D eigenvalue weighted by Crippen LogP contribution is -2.60. The first-order valence-corrected chi connectivity index (χ1v) is 17.3. The molecule has 1 saturated heterocycles. The van der Waals surface area contributed by atoms with Gasteiger partial charge in [-0.05, 0) is 108 Å². The average Bonchev–Trinajstić information content (AvgIpc) is 3.65. The highest BCUT2D eigenvalue weighted by Gasteiger charge is 2.52. The van der Waals surface area contributed by atoms with E-state index in [1.165, 1.54) is 44.9 Å². The SMILES string of the molecule is NC1CCC(Nc2nc(NC3CCN(OC(=O)NC45CC6CC(CC(C6)C4)C5)CC3)c3ncn(C4CCCC4)c3n2)CC1. The normalized spacial score (nSPS) is 35.0. The van der Waals surface area contributed by atoms with Gasteiger partial charge < -0.3 is 31.1 Å². The number of hydrogen-bond donors (Lipinski definition) is 4. The van der Waals surface area contributed by atoms with Gasteiger partial charge in [-0.25, -0.2) is 9.78 Å². The van der Waals surface area contributed by atoms with Crippen molar-refractivity contribution < 1.29 is 9.63 Å². The number of nitrogens with two attached hydrogens (primary N) is 1. The summed E-state index contributed by atoms with van der Waals surface area (Å²) in [7, 11) is 0. The van der Waals surface area contributed by atoms with Gasteiger partial charge in [0, 0.05) is 42.8 Å². The van der Waals surface area contributed by atoms with Gasteiger partial charge in [0.25, 0.3) is 0 Å². The van der Waals surface area contributed by atoms with E-state index in [-0.39, 0.29) is 17.7 Å². The molecule has 0 aromatic carbocycles. The summed E-state index contributed by atoms with van der Waals surface area (Å²) in [6.45, 7) is 1.40. The molecule has 5 N–H and O–H groups in total. The van der Waals surface area contributed by atoms with Gasteiger partial charge in [0.2, 0.25) is 5.95 Å². The highest BCUT2D eigenvalue weighted by atomic mass is 16.7. The summed E-state index contributed by atoms with van der Waals surface area (Å²) in [6.07, 6.45) is 19.9. The predicted octanol–water partition coefficient (Wildman–Crippen LogP) is 5.11. The van der Waals surface area contributed by atoms with Crippen molar-refractivity contribution in [2.45, 2.75) is 132 Å². The van der Waals surface area contributed by atoms with Crippen LogP contribution >= 0.6 is 0 Å². The summed E-state index contributed by atoms with van der Waals surface area (Å²) in [4.78, 5) is 33.7. The summed E-state index contributed by atoms with van der Waals surface area (Å²) < 4.78 is 2.27. The fraction of sp³-hybridized carbons (Fsp3) is 0.812. The largest absolute Gasteiger partial charge is 0.426 e. The third-order valence-corrected chi connectivity index (χ3v) is 11.7. The Morgan fingerprint density at radius 3 is 2.19 bits per heavy atom. The van der Waals surface area contributed by atoms with Gasteiger partial charge in [-0.2, -0.15) is 9.97 Å². The van der Waals surface area contributed by atoms with E-state index in [1.807, 2.05) is 11.4 Å². The molecule has 1 aliphatic heterocycles. The van der Waals surface area contributed by atoms with Crippen molar-refractivity contribution in [3.05, 3.63) is 6.33 Å². The molecule has 4 bridgehead atoms. The monoisotopic (exact) mass is 591 g/mol. The van der Waals surface area contributed by atoms with E-state index < -0.39 is 0 Å². The maximum atomic E-state index is 13.0. The molecule has 9 rings (SSSR count). The maximum absolute atomic E-state index is 13.0. The van der Waals surface area contributed by atoms with Crippen LogP contribution in [0.5, 0.6) is 0 Å². The number of imidazole rings is 1. The standard InChI is InChI=1S/C32H49N9O2/c33-23-5-7-24(8-6-23)36-30-37-28(27-29(38-30)41(19-34-27)26-3-1-2-4-26)35-25-9-11-40(12-10-25)43-31(42)39-32-16-20-13-21(17-32)15-22(14-20)18-32/h19-26H,1-18,33H2,(H,39,42)(H2,35,36,37,38). The number of rotatable bonds is 7. The third kappa shape index (κ3) is 5.79. The van der Waals surface area contributed by atoms with E-state index in [1.54, 1.807) is 0 Å². The Balaban J connectivity index is 0.914. The summed E-state index contributed by atoms with van der Waals surface area (Å²) in [5.74, 6) is 3.86. The lowest BCUT2D eigenvalue weighted by molar-refractivity contribution is -0.119. The van der Waals surface area contributed by atoms with Crippen molar-refractivity contribution in [2.24, 2.45) is 23.5 Å². The number of nitrogens with one attached hydrogen (secondary N) is 3. The van der Waals surface area contributed by atoms with Crippen LogP contribution < -0.4 is 21.7 Å². The number of hydroxylamine groups is 2. The van der Waals surface area contributed by atoms with E-state index in [4.69, 9.17) is 25.5 Å². The van der Waals surface area contributed by atoms with Gasteiger partial charge in [0.05, 0.1) is 6.33 Å². The summed E-state index contributed by atoms with van der Waals surface area (Å²) in [5.41, 5.74) is 7.89. The van der Waals surface area contributed by atoms with Crippen molar-refractivity contribution in [1.29, 1.82) is 0 Å². The van der Waals surface area contributed by atoms with Crippen molar-refractivity contribution in [1.82, 2.24) is 29.9 Å². The molecule has 6 saturated carbocycles. The molecule has 2 aromatic heterocycles. The van der Waals surface area contributed by atoms with Gasteiger partial charge in [-0.1, -0.05) is 12.8 Å². The van der Waals surface area contributed by atoms with Crippen molar-refractivity contribution >= 4 is 29.0 Å². The zero-order valence-electron chi connectivity index (χ0n) is 25.5. The molecule has 2 aromatic rings. The van der Waals surface area contributed by atoms with E-state index in [0.29, 0.717) is 37.2 Å². The molecule has 0 radical (unpaired) electrons. The number of hydrogen-bond acceptors (Lipinski definition) is 9. The molecule has 11 nitrogen and oxygen atoms in total. The lowest BCUT2D eigenvalue weighted by atomic mass is 9.53. The van der Waals surface area contributed by atoms with Crippen molar-refractivity contribution in [2.75, 3.05) is 23.7 Å². The third-order valence-electron chi connectivity index (χ3n) is 11.7. The lowest BCUT2D eigenvalue weighted by Gasteiger charge is -2.56. The quantitative estimate of drug-likeness (QED) is 0.346. The van der Waals surface area contributed by atoms with Gasteiger partial charge in [0.15, 0.2) is 17.0 Å². The fourth-order valence-corrected chi connectivity index (χ4v) is 9.88. The second-order valence-electron chi connectivity index (χ2n) is 15.0. The van der Waals surface area contributed by atoms with E-state index in [9.17, 15) is 4.79 Å². The topological polar surface area (TPSA) is 135 Å². The van der Waals surface area contributed by atoms with Crippen LogP contribution in [0.2, 0.25) is 0 Å². The van der Waals surface area contributed by atoms with Crippen LogP contribution in [0, 0.1) is 17.8 Å². The average molecular weight is 592 g/mol. The van der Waals surface area contributed by atoms with Crippen LogP contribution in [0.1, 0.15) is 109 Å². The molecule has 1 amide bonds. The molecule has 6 aliphatic carbocycles. The van der Waals surface area contributed by atoms with Gasteiger partial charge in [0.1, 0.15) is 0 Å². The Kier molecular flexibility index (Phi) is 7.36. The van der Waals surface area contributed by atoms with E-state index in [0.717, 1.165) is 92.5 Å². The summed E-state index contributed by atoms with van der Waals surface area (Å²) in [6, 6.07) is 1.33. The first-order valence-electron chi connectivity index (χ1n) is 17.3. The highest BCUT2D eigenvalue weighted by molar-refractivity contribution is 5.84. The van der Waals surface area contributed by atoms with Crippen molar-refractivity contribution in [3.8, 4) is 0 Å². The minimum absolute atomic E-state index is 0.0264. The number of carbonyl (C=O) groups excluding carboxylic acids is 1. The van der Waals surface area contributed by atoms with Crippen LogP contribution in [-0.4, -0.2) is 67.4 Å². The zero-order chi connectivity index (χ0) is 29.0. The molecule has 3 heterocycles. The molecule has 0 spiro atoms. The number of piperidine rings is 1. The van der Waals surface area contributed by atoms with E-state index in [2.05, 4.69) is 20.5 Å². The Bertz CT molecular complexity index is 1270. The molecule has 0 atom stereocenters. The van der Waals surface area contributed by atoms with Crippen LogP contribution in [0.15, 0.2) is 6.33 Å². The second kappa shape index (κ2) is 11.4. The van der Waals surface area contributed by atoms with Gasteiger partial charge in [-0.15, -0.1) is 5.06 Å². The second-order valence-corrected chi connectivity index (χ2v) is 15.0. The Morgan fingerprint density at radius 2 is 1.51 bits per heavy atom. The zero-order valence-corrected chi connectivity index (χ0v) is 25.5. The molecule has 11 heteroatoms. The maximum Gasteiger partial charge on any atom is 0.426 e. The molecular weight excluding hydrogens is 542 g/mol. The Hall–Kier alpha value is -2.66. The fourth-order valence-electron chi connectivity index (χ4n) is 9.88. The van der Waals surface area contributed by atoms with Crippen LogP contribution in [0.3, 0.4) is 0 Å². The summed E-state index contributed by atoms with van der Waals surface area (Å²) in [5, 5.41) is 12.5. The molecular formula is C32H49N9O2. The smallest absolute Gasteiger partial charge is 0.365 e. The van der Waals surface area contributed by atoms with Gasteiger partial charge >= 0.3 is 6.09 Å². The van der Waals surface area contributed by atoms with Crippen LogP contribution in [0.4, 0.5) is 16.6 Å². The molecule has 7 fully saturated rings. The summed E-state index contributed by atoms with van der Waals surface area (Å²) >= 11 is 0. The molecule has 234 valence electrons. The number of aromatic nitrogens is 4. The minimum Gasteiger partial charge on any atom is -0.365 e. The Morgan fingerprint density at radius 1 is 0.860 bits per heavy atom. The number of nitrogens with zero attached hydrogens (tertiary/aromatic N) is 5. The number of carbonyl (C=O) groups is 1. The van der Waals surface area contributed by atoms with Crippen LogP contribution in [0.25, 0.3) is 11.2 Å². The number of fused-ring (bicyclic) bond motifs is 1. The molecule has 0 unspecified atom stereocenters. The molecule has 7 aliphatic rings. The predicted molar refractivity (Wildman–Crippen MR) is 165 cm³/mol. The number of anilines is 2. The highest BCUT2D eigenvalue weighted by Crippen LogP contribution is 2.55. The Labute approximate surface area is 254 Å². The van der Waals surface area contributed by atoms with Crippen molar-refractivity contribution in [3.63, 3.8) is 0 Å². The first-order chi connectivity index (χ1) is 21.0. The van der Waals surface area contributed by atoms with Crippen LogP contribution in [-0.2, 0) is 4.84 Å². The first kappa shape index (κ1) is 27.9.